The van der Waals surface area contributed by atoms with Gasteiger partial charge in [-0.1, -0.05) is 0 Å². The summed E-state index contributed by atoms with van der Waals surface area (Å²) in [5, 5.41) is 0. The Morgan fingerprint density at radius 1 is 1.11 bits per heavy atom. The van der Waals surface area contributed by atoms with Gasteiger partial charge in [-0.2, -0.15) is 11.8 Å². The summed E-state index contributed by atoms with van der Waals surface area (Å²) in [5.41, 5.74) is 0. The molecule has 3 heteroatoms. The molecule has 9 heavy (non-hydrogen) atoms. The average Bonchev–Trinajstić information content (AvgIpc) is 2.17. The fraction of sp³-hybridized carbons (Fsp3) is 1.00. The van der Waals surface area contributed by atoms with E-state index in [0.29, 0.717) is 0 Å². The molecule has 1 saturated heterocycles. The lowest BCUT2D eigenvalue weighted by molar-refractivity contribution is 0.198. The van der Waals surface area contributed by atoms with Crippen molar-refractivity contribution in [2.24, 2.45) is 0 Å². The number of hydrogen-bond acceptors (Lipinski definition) is 2. The monoisotopic (exact) mass is 145 g/mol. The summed E-state index contributed by atoms with van der Waals surface area (Å²) in [6.45, 7) is 2.00. The summed E-state index contributed by atoms with van der Waals surface area (Å²) < 4.78 is 4.94. The van der Waals surface area contributed by atoms with E-state index >= 15 is 0 Å². The summed E-state index contributed by atoms with van der Waals surface area (Å²) in [5.74, 6) is 0. The van der Waals surface area contributed by atoms with Crippen LogP contribution >= 0.6 is 11.8 Å². The highest BCUT2D eigenvalue weighted by molar-refractivity contribution is 7.97. The van der Waals surface area contributed by atoms with Gasteiger partial charge in [0.15, 0.2) is 0 Å². The molecule has 0 bridgehead atoms. The number of ether oxygens (including phenoxy) is 1. The summed E-state index contributed by atoms with van der Waals surface area (Å²) in [6, 6.07) is 0. The van der Waals surface area contributed by atoms with Crippen LogP contribution in [-0.2, 0) is 4.74 Å². The summed E-state index contributed by atoms with van der Waals surface area (Å²) in [6.07, 6.45) is 6.64. The lowest BCUT2D eigenvalue weighted by Gasteiger charge is -1.76. The highest BCUT2D eigenvalue weighted by Gasteiger charge is 1.94. The third-order valence-corrected chi connectivity index (χ3v) is 0.827. The van der Waals surface area contributed by atoms with Gasteiger partial charge in [-0.15, -0.1) is 0 Å². The average molecular weight is 145 g/mol. The SMILES string of the molecule is C1CCOC1.CSC.[B]. The normalized spacial score (nSPS) is 15.3. The second-order valence-electron chi connectivity index (χ2n) is 1.73. The first-order valence-electron chi connectivity index (χ1n) is 2.89. The van der Waals surface area contributed by atoms with Crippen LogP contribution in [0.3, 0.4) is 0 Å². The van der Waals surface area contributed by atoms with Crippen LogP contribution in [0.1, 0.15) is 12.8 Å². The fourth-order valence-electron chi connectivity index (χ4n) is 0.510. The van der Waals surface area contributed by atoms with E-state index in [1.54, 1.807) is 11.8 Å². The molecule has 0 spiro atoms. The minimum absolute atomic E-state index is 0. The second kappa shape index (κ2) is 11.2. The van der Waals surface area contributed by atoms with Gasteiger partial charge in [-0.3, -0.25) is 0 Å². The molecule has 1 heterocycles. The summed E-state index contributed by atoms with van der Waals surface area (Å²) >= 11 is 1.75. The lowest BCUT2D eigenvalue weighted by Crippen LogP contribution is -1.74. The van der Waals surface area contributed by atoms with E-state index < -0.39 is 0 Å². The van der Waals surface area contributed by atoms with Crippen LogP contribution in [-0.4, -0.2) is 34.1 Å². The van der Waals surface area contributed by atoms with E-state index in [2.05, 4.69) is 0 Å². The van der Waals surface area contributed by atoms with Gasteiger partial charge < -0.3 is 4.74 Å². The van der Waals surface area contributed by atoms with Gasteiger partial charge in [-0.25, -0.2) is 0 Å². The van der Waals surface area contributed by atoms with Crippen molar-refractivity contribution in [3.8, 4) is 0 Å². The molecule has 0 aliphatic carbocycles. The van der Waals surface area contributed by atoms with Crippen molar-refractivity contribution in [2.75, 3.05) is 25.7 Å². The van der Waals surface area contributed by atoms with Crippen molar-refractivity contribution in [3.05, 3.63) is 0 Å². The molecule has 1 rings (SSSR count). The van der Waals surface area contributed by atoms with Crippen molar-refractivity contribution in [3.63, 3.8) is 0 Å². The Bertz CT molecular complexity index is 32.4. The molecule has 53 valence electrons. The zero-order chi connectivity index (χ0) is 6.24. The Balaban J connectivity index is 0. The van der Waals surface area contributed by atoms with Gasteiger partial charge in [0.25, 0.3) is 0 Å². The van der Waals surface area contributed by atoms with Crippen LogP contribution in [0.25, 0.3) is 0 Å². The highest BCUT2D eigenvalue weighted by atomic mass is 32.2. The molecule has 0 amide bonds. The predicted octanol–water partition coefficient (Wildman–Crippen LogP) is 1.40. The van der Waals surface area contributed by atoms with Crippen molar-refractivity contribution in [1.82, 2.24) is 0 Å². The third-order valence-electron chi connectivity index (χ3n) is 0.827. The molecule has 1 fully saturated rings. The standard InChI is InChI=1S/C4H8O.C2H6S.B/c1-2-4-5-3-1;1-3-2;/h1-4H2;1-2H3;. The second-order valence-corrected chi connectivity index (χ2v) is 2.54. The molecule has 0 atom stereocenters. The van der Waals surface area contributed by atoms with Crippen molar-refractivity contribution < 1.29 is 4.74 Å². The van der Waals surface area contributed by atoms with Crippen LogP contribution < -0.4 is 0 Å². The predicted molar refractivity (Wildman–Crippen MR) is 45.2 cm³/mol. The van der Waals surface area contributed by atoms with Crippen LogP contribution in [0.2, 0.25) is 0 Å². The maximum absolute atomic E-state index is 4.94. The van der Waals surface area contributed by atoms with Crippen LogP contribution in [0.4, 0.5) is 0 Å². The van der Waals surface area contributed by atoms with E-state index in [0.717, 1.165) is 13.2 Å². The molecular formula is C6H14BOS. The Labute approximate surface area is 64.1 Å². The smallest absolute Gasteiger partial charge is 0.0466 e. The lowest BCUT2D eigenvalue weighted by atomic mass is 10.4. The molecule has 0 N–H and O–H groups in total. The van der Waals surface area contributed by atoms with Gasteiger partial charge >= 0.3 is 0 Å². The zero-order valence-electron chi connectivity index (χ0n) is 6.22. The molecule has 0 aromatic heterocycles. The van der Waals surface area contributed by atoms with E-state index in [1.165, 1.54) is 12.8 Å². The van der Waals surface area contributed by atoms with Gasteiger partial charge in [-0.05, 0) is 25.4 Å². The number of thioether (sulfide) groups is 1. The first kappa shape index (κ1) is 12.1. The molecule has 0 unspecified atom stereocenters. The maximum Gasteiger partial charge on any atom is 0.0466 e. The van der Waals surface area contributed by atoms with Crippen molar-refractivity contribution >= 4 is 20.2 Å². The molecular weight excluding hydrogens is 131 g/mol. The first-order valence-corrected chi connectivity index (χ1v) is 4.53. The zero-order valence-corrected chi connectivity index (χ0v) is 7.04. The fourth-order valence-corrected chi connectivity index (χ4v) is 0.510. The van der Waals surface area contributed by atoms with E-state index in [9.17, 15) is 0 Å². The molecule has 0 saturated carbocycles. The Hall–Kier alpha value is 0.375. The van der Waals surface area contributed by atoms with E-state index in [-0.39, 0.29) is 8.41 Å². The summed E-state index contributed by atoms with van der Waals surface area (Å²) in [4.78, 5) is 0. The Morgan fingerprint density at radius 2 is 1.44 bits per heavy atom. The maximum atomic E-state index is 4.94. The van der Waals surface area contributed by atoms with E-state index in [1.807, 2.05) is 12.5 Å². The van der Waals surface area contributed by atoms with Crippen LogP contribution in [0.15, 0.2) is 0 Å². The summed E-state index contributed by atoms with van der Waals surface area (Å²) in [7, 11) is 0. The van der Waals surface area contributed by atoms with E-state index in [4.69, 9.17) is 4.74 Å². The van der Waals surface area contributed by atoms with Gasteiger partial charge in [0.05, 0.1) is 0 Å². The minimum atomic E-state index is 0. The quantitative estimate of drug-likeness (QED) is 0.476. The molecule has 1 aliphatic heterocycles. The number of rotatable bonds is 0. The number of hydrogen-bond donors (Lipinski definition) is 0. The van der Waals surface area contributed by atoms with Crippen molar-refractivity contribution in [2.45, 2.75) is 12.8 Å². The van der Waals surface area contributed by atoms with Gasteiger partial charge in [0.2, 0.25) is 0 Å². The molecule has 0 aromatic carbocycles. The van der Waals surface area contributed by atoms with Crippen LogP contribution in [0, 0.1) is 0 Å². The van der Waals surface area contributed by atoms with Crippen LogP contribution in [0.5, 0.6) is 0 Å². The minimum Gasteiger partial charge on any atom is -0.381 e. The van der Waals surface area contributed by atoms with Gasteiger partial charge in [0.1, 0.15) is 0 Å². The Kier molecular flexibility index (Phi) is 15.1. The molecule has 0 aromatic rings. The molecule has 1 aliphatic rings. The Morgan fingerprint density at radius 3 is 1.56 bits per heavy atom. The third kappa shape index (κ3) is 11.8. The largest absolute Gasteiger partial charge is 0.381 e. The topological polar surface area (TPSA) is 9.23 Å². The highest BCUT2D eigenvalue weighted by Crippen LogP contribution is 1.98. The van der Waals surface area contributed by atoms with Crippen molar-refractivity contribution in [1.29, 1.82) is 0 Å². The molecule has 1 nitrogen and oxygen atoms in total. The van der Waals surface area contributed by atoms with Gasteiger partial charge in [0, 0.05) is 21.6 Å². The first-order chi connectivity index (χ1) is 3.91. The molecule has 3 radical (unpaired) electrons.